The number of hydrogen-bond donors (Lipinski definition) is 2. The number of halogens is 1. The van der Waals surface area contributed by atoms with Crippen molar-refractivity contribution in [3.8, 4) is 23.0 Å². The van der Waals surface area contributed by atoms with Gasteiger partial charge in [-0.1, -0.05) is 12.1 Å². The van der Waals surface area contributed by atoms with Gasteiger partial charge in [-0.2, -0.15) is 5.10 Å². The molecule has 25 heavy (non-hydrogen) atoms. The molecule has 0 aliphatic rings. The van der Waals surface area contributed by atoms with E-state index in [1.54, 1.807) is 24.3 Å². The molecule has 7 nitrogen and oxygen atoms in total. The van der Waals surface area contributed by atoms with Gasteiger partial charge in [0.1, 0.15) is 5.75 Å². The lowest BCUT2D eigenvalue weighted by atomic mass is 10.2. The van der Waals surface area contributed by atoms with E-state index in [-0.39, 0.29) is 23.7 Å². The van der Waals surface area contributed by atoms with Crippen LogP contribution >= 0.6 is 12.4 Å². The van der Waals surface area contributed by atoms with Gasteiger partial charge in [-0.3, -0.25) is 4.79 Å². The Morgan fingerprint density at radius 2 is 1.68 bits per heavy atom. The molecule has 8 heteroatoms. The molecule has 0 unspecified atom stereocenters. The Balaban J connectivity index is 0.00000312. The van der Waals surface area contributed by atoms with Crippen molar-refractivity contribution in [3.63, 3.8) is 0 Å². The van der Waals surface area contributed by atoms with Crippen LogP contribution in [0.25, 0.3) is 0 Å². The standard InChI is InChI=1S/C17H18N2O5.ClH/c1-22-14-8-11(9-15(23-2)16(14)24-3)10-18-19-17(21)12-6-4-5-7-13(12)20;/h4-10,20H,1-3H3,(H,19,21);1H/b18-10+;. The van der Waals surface area contributed by atoms with Crippen LogP contribution in [0.2, 0.25) is 0 Å². The minimum atomic E-state index is -0.517. The third kappa shape index (κ3) is 4.77. The number of carbonyl (C=O) groups is 1. The van der Waals surface area contributed by atoms with Crippen LogP contribution in [0.5, 0.6) is 23.0 Å². The Morgan fingerprint density at radius 1 is 1.08 bits per heavy atom. The van der Waals surface area contributed by atoms with Crippen molar-refractivity contribution < 1.29 is 24.1 Å². The van der Waals surface area contributed by atoms with Crippen molar-refractivity contribution >= 4 is 24.5 Å². The molecule has 0 saturated heterocycles. The molecular weight excluding hydrogens is 348 g/mol. The van der Waals surface area contributed by atoms with Gasteiger partial charge in [0, 0.05) is 5.56 Å². The molecule has 0 bridgehead atoms. The van der Waals surface area contributed by atoms with E-state index in [1.165, 1.54) is 39.7 Å². The fourth-order valence-corrected chi connectivity index (χ4v) is 2.07. The highest BCUT2D eigenvalue weighted by Gasteiger charge is 2.12. The molecule has 134 valence electrons. The number of carbonyl (C=O) groups excluding carboxylic acids is 1. The minimum Gasteiger partial charge on any atom is -0.507 e. The van der Waals surface area contributed by atoms with Crippen molar-refractivity contribution in [1.29, 1.82) is 0 Å². The van der Waals surface area contributed by atoms with E-state index < -0.39 is 5.91 Å². The maximum Gasteiger partial charge on any atom is 0.275 e. The predicted molar refractivity (Wildman–Crippen MR) is 96.5 cm³/mol. The van der Waals surface area contributed by atoms with Crippen LogP contribution in [-0.2, 0) is 0 Å². The SMILES string of the molecule is COc1cc(/C=N/NC(=O)c2ccccc2O)cc(OC)c1OC.Cl. The zero-order valence-electron chi connectivity index (χ0n) is 14.0. The summed E-state index contributed by atoms with van der Waals surface area (Å²) in [4.78, 5) is 11.9. The second kappa shape index (κ2) is 9.39. The number of hydrogen-bond acceptors (Lipinski definition) is 6. The molecule has 0 aromatic heterocycles. The molecular formula is C17H19ClN2O5. The number of aromatic hydroxyl groups is 1. The summed E-state index contributed by atoms with van der Waals surface area (Å²) in [6.45, 7) is 0. The summed E-state index contributed by atoms with van der Waals surface area (Å²) in [5.41, 5.74) is 3.13. The molecule has 0 fully saturated rings. The molecule has 1 amide bonds. The summed E-state index contributed by atoms with van der Waals surface area (Å²) in [5.74, 6) is 0.792. The van der Waals surface area contributed by atoms with Crippen molar-refractivity contribution in [3.05, 3.63) is 47.5 Å². The van der Waals surface area contributed by atoms with Gasteiger partial charge in [-0.15, -0.1) is 12.4 Å². The van der Waals surface area contributed by atoms with Crippen molar-refractivity contribution in [2.75, 3.05) is 21.3 Å². The quantitative estimate of drug-likeness (QED) is 0.606. The highest BCUT2D eigenvalue weighted by Crippen LogP contribution is 2.37. The number of rotatable bonds is 6. The summed E-state index contributed by atoms with van der Waals surface area (Å²) < 4.78 is 15.7. The zero-order valence-corrected chi connectivity index (χ0v) is 14.8. The summed E-state index contributed by atoms with van der Waals surface area (Å²) in [6, 6.07) is 9.59. The normalized spacial score (nSPS) is 10.0. The van der Waals surface area contributed by atoms with Crippen molar-refractivity contribution in [2.24, 2.45) is 5.10 Å². The molecule has 0 atom stereocenters. The number of ether oxygens (including phenoxy) is 3. The monoisotopic (exact) mass is 366 g/mol. The largest absolute Gasteiger partial charge is 0.507 e. The number of methoxy groups -OCH3 is 3. The van der Waals surface area contributed by atoms with E-state index in [2.05, 4.69) is 10.5 Å². The molecule has 0 aliphatic heterocycles. The number of nitrogens with one attached hydrogen (secondary N) is 1. The van der Waals surface area contributed by atoms with E-state index in [1.807, 2.05) is 0 Å². The minimum absolute atomic E-state index is 0. The van der Waals surface area contributed by atoms with Gasteiger partial charge < -0.3 is 19.3 Å². The highest BCUT2D eigenvalue weighted by molar-refractivity contribution is 5.97. The van der Waals surface area contributed by atoms with Gasteiger partial charge in [0.15, 0.2) is 11.5 Å². The van der Waals surface area contributed by atoms with E-state index >= 15 is 0 Å². The number of phenolic OH excluding ortho intramolecular Hbond substituents is 1. The van der Waals surface area contributed by atoms with Crippen LogP contribution in [0.4, 0.5) is 0 Å². The zero-order chi connectivity index (χ0) is 17.5. The lowest BCUT2D eigenvalue weighted by Crippen LogP contribution is -2.17. The summed E-state index contributed by atoms with van der Waals surface area (Å²) in [6.07, 6.45) is 1.43. The average Bonchev–Trinajstić information content (AvgIpc) is 2.60. The molecule has 2 aromatic rings. The summed E-state index contributed by atoms with van der Waals surface area (Å²) in [7, 11) is 4.54. The third-order valence-electron chi connectivity index (χ3n) is 3.22. The van der Waals surface area contributed by atoms with Crippen LogP contribution in [-0.4, -0.2) is 38.6 Å². The van der Waals surface area contributed by atoms with Gasteiger partial charge in [-0.05, 0) is 24.3 Å². The maximum atomic E-state index is 11.9. The van der Waals surface area contributed by atoms with E-state index in [9.17, 15) is 9.90 Å². The highest BCUT2D eigenvalue weighted by atomic mass is 35.5. The topological polar surface area (TPSA) is 89.4 Å². The fourth-order valence-electron chi connectivity index (χ4n) is 2.07. The van der Waals surface area contributed by atoms with Crippen LogP contribution in [0, 0.1) is 0 Å². The number of benzene rings is 2. The third-order valence-corrected chi connectivity index (χ3v) is 3.22. The number of phenols is 1. The Labute approximate surface area is 151 Å². The first-order valence-electron chi connectivity index (χ1n) is 7.02. The van der Waals surface area contributed by atoms with Crippen molar-refractivity contribution in [2.45, 2.75) is 0 Å². The molecule has 2 rings (SSSR count). The van der Waals surface area contributed by atoms with Gasteiger partial charge in [0.05, 0.1) is 33.1 Å². The van der Waals surface area contributed by atoms with Crippen LogP contribution in [0.3, 0.4) is 0 Å². The van der Waals surface area contributed by atoms with Gasteiger partial charge in [0.25, 0.3) is 5.91 Å². The van der Waals surface area contributed by atoms with E-state index in [0.717, 1.165) is 0 Å². The first-order chi connectivity index (χ1) is 11.6. The molecule has 0 spiro atoms. The lowest BCUT2D eigenvalue weighted by Gasteiger charge is -2.12. The first-order valence-corrected chi connectivity index (χ1v) is 7.02. The summed E-state index contributed by atoms with van der Waals surface area (Å²) >= 11 is 0. The summed E-state index contributed by atoms with van der Waals surface area (Å²) in [5, 5.41) is 13.5. The molecule has 0 aliphatic carbocycles. The second-order valence-corrected chi connectivity index (χ2v) is 4.67. The Bertz CT molecular complexity index is 739. The molecule has 0 radical (unpaired) electrons. The van der Waals surface area contributed by atoms with Crippen LogP contribution in [0.1, 0.15) is 15.9 Å². The Kier molecular flexibility index (Phi) is 7.55. The number of amides is 1. The molecule has 0 saturated carbocycles. The molecule has 2 aromatic carbocycles. The Morgan fingerprint density at radius 3 is 2.20 bits per heavy atom. The van der Waals surface area contributed by atoms with E-state index in [0.29, 0.717) is 22.8 Å². The lowest BCUT2D eigenvalue weighted by molar-refractivity contribution is 0.0952. The number of hydrazone groups is 1. The first kappa shape index (κ1) is 20.1. The van der Waals surface area contributed by atoms with Crippen LogP contribution in [0.15, 0.2) is 41.5 Å². The number of para-hydroxylation sites is 1. The Hall–Kier alpha value is -2.93. The van der Waals surface area contributed by atoms with Gasteiger partial charge in [-0.25, -0.2) is 5.43 Å². The van der Waals surface area contributed by atoms with Crippen LogP contribution < -0.4 is 19.6 Å². The maximum absolute atomic E-state index is 11.9. The second-order valence-electron chi connectivity index (χ2n) is 4.67. The smallest absolute Gasteiger partial charge is 0.275 e. The van der Waals surface area contributed by atoms with Gasteiger partial charge in [0.2, 0.25) is 5.75 Å². The van der Waals surface area contributed by atoms with Crippen molar-refractivity contribution in [1.82, 2.24) is 5.43 Å². The number of nitrogens with zero attached hydrogens (tertiary/aromatic N) is 1. The van der Waals surface area contributed by atoms with Gasteiger partial charge >= 0.3 is 0 Å². The van der Waals surface area contributed by atoms with E-state index in [4.69, 9.17) is 14.2 Å². The molecule has 2 N–H and O–H groups in total. The fraction of sp³-hybridized carbons (Fsp3) is 0.176. The predicted octanol–water partition coefficient (Wildman–Crippen LogP) is 2.60. The molecule has 0 heterocycles. The average molecular weight is 367 g/mol.